The highest BCUT2D eigenvalue weighted by atomic mass is 35.5. The molecule has 54 heavy (non-hydrogen) atoms. The van der Waals surface area contributed by atoms with Crippen LogP contribution in [0, 0.1) is 5.82 Å². The Bertz CT molecular complexity index is 2110. The van der Waals surface area contributed by atoms with Gasteiger partial charge >= 0.3 is 12.1 Å². The van der Waals surface area contributed by atoms with Crippen LogP contribution in [0.2, 0.25) is 5.02 Å². The molecule has 16 heteroatoms. The normalized spacial score (nSPS) is 14.0. The van der Waals surface area contributed by atoms with Gasteiger partial charge in [0.05, 0.1) is 49.9 Å². The molecule has 5 rings (SSSR count). The van der Waals surface area contributed by atoms with Crippen molar-refractivity contribution in [3.8, 4) is 11.5 Å². The Hall–Kier alpha value is -5.57. The fraction of sp³-hybridized carbons (Fsp3) is 0.395. The zero-order valence-electron chi connectivity index (χ0n) is 31.5. The second-order valence-electron chi connectivity index (χ2n) is 14.3. The first kappa shape index (κ1) is 39.6. The third-order valence-corrected chi connectivity index (χ3v) is 8.96. The summed E-state index contributed by atoms with van der Waals surface area (Å²) in [6.07, 6.45) is -0.716. The highest BCUT2D eigenvalue weighted by Gasteiger charge is 2.38. The SMILES string of the molecule is COc1ccc(N(C(=O)Nc2ccc(F)cc2)C(C)c2nc3ccc(Cl)cc3c(=O)n2N2CCN(C(=O)C(C)(C)NC(=O)OC(C)(C)C)CC2)c(OC)c1.[HH].[HH]. The Morgan fingerprint density at radius 3 is 2.22 bits per heavy atom. The molecule has 3 aromatic carbocycles. The molecule has 0 spiro atoms. The number of anilines is 2. The van der Waals surface area contributed by atoms with E-state index in [4.69, 9.17) is 30.8 Å². The number of carbonyl (C=O) groups is 3. The van der Waals surface area contributed by atoms with Gasteiger partial charge in [0.1, 0.15) is 28.5 Å². The summed E-state index contributed by atoms with van der Waals surface area (Å²) in [7, 11) is 2.96. The Morgan fingerprint density at radius 2 is 1.61 bits per heavy atom. The van der Waals surface area contributed by atoms with E-state index in [1.54, 1.807) is 81.8 Å². The van der Waals surface area contributed by atoms with Crippen LogP contribution in [0.1, 0.15) is 56.3 Å². The second kappa shape index (κ2) is 15.8. The maximum atomic E-state index is 14.5. The zero-order valence-corrected chi connectivity index (χ0v) is 32.3. The first-order valence-electron chi connectivity index (χ1n) is 17.3. The number of carbonyl (C=O) groups excluding carboxylic acids is 3. The Balaban J connectivity index is 0.00000420. The number of fused-ring (bicyclic) bond motifs is 1. The monoisotopic (exact) mass is 769 g/mol. The molecule has 0 radical (unpaired) electrons. The fourth-order valence-electron chi connectivity index (χ4n) is 6.13. The molecule has 0 bridgehead atoms. The first-order chi connectivity index (χ1) is 25.4. The maximum Gasteiger partial charge on any atom is 0.408 e. The average Bonchev–Trinajstić information content (AvgIpc) is 3.11. The van der Waals surface area contributed by atoms with Crippen molar-refractivity contribution < 1.29 is 35.8 Å². The fourth-order valence-corrected chi connectivity index (χ4v) is 6.30. The lowest BCUT2D eigenvalue weighted by molar-refractivity contribution is -0.137. The molecule has 4 aromatic rings. The van der Waals surface area contributed by atoms with Crippen molar-refractivity contribution in [1.82, 2.24) is 19.9 Å². The van der Waals surface area contributed by atoms with Crippen LogP contribution >= 0.6 is 11.6 Å². The molecule has 0 saturated carbocycles. The summed E-state index contributed by atoms with van der Waals surface area (Å²) in [5.41, 5.74) is -1.45. The van der Waals surface area contributed by atoms with Gasteiger partial charge in [-0.3, -0.25) is 14.5 Å². The van der Waals surface area contributed by atoms with Gasteiger partial charge in [-0.05, 0) is 96.1 Å². The van der Waals surface area contributed by atoms with Crippen LogP contribution in [0.5, 0.6) is 11.5 Å². The van der Waals surface area contributed by atoms with E-state index in [0.29, 0.717) is 33.4 Å². The summed E-state index contributed by atoms with van der Waals surface area (Å²) in [4.78, 5) is 62.9. The summed E-state index contributed by atoms with van der Waals surface area (Å²) in [6.45, 7) is 10.9. The number of ether oxygens (including phenoxy) is 3. The average molecular weight is 770 g/mol. The first-order valence-corrected chi connectivity index (χ1v) is 17.7. The number of halogens is 2. The highest BCUT2D eigenvalue weighted by molar-refractivity contribution is 6.31. The third kappa shape index (κ3) is 8.79. The number of piperazine rings is 1. The van der Waals surface area contributed by atoms with Gasteiger partial charge in [0.25, 0.3) is 5.56 Å². The Kier molecular flexibility index (Phi) is 11.6. The third-order valence-electron chi connectivity index (χ3n) is 8.73. The Labute approximate surface area is 320 Å². The van der Waals surface area contributed by atoms with Gasteiger partial charge in [0.2, 0.25) is 5.91 Å². The van der Waals surface area contributed by atoms with Crippen molar-refractivity contribution >= 4 is 51.9 Å². The molecule has 1 aliphatic heterocycles. The number of aromatic nitrogens is 2. The van der Waals surface area contributed by atoms with E-state index in [-0.39, 0.29) is 46.2 Å². The van der Waals surface area contributed by atoms with Crippen LogP contribution < -0.4 is 35.6 Å². The molecule has 0 aliphatic carbocycles. The van der Waals surface area contributed by atoms with Crippen LogP contribution in [0.3, 0.4) is 0 Å². The van der Waals surface area contributed by atoms with Gasteiger partial charge in [0, 0.05) is 32.7 Å². The number of methoxy groups -OCH3 is 2. The molecule has 1 saturated heterocycles. The minimum atomic E-state index is -1.28. The molecule has 4 amide bonds. The van der Waals surface area contributed by atoms with Crippen LogP contribution in [0.15, 0.2) is 65.5 Å². The van der Waals surface area contributed by atoms with Crippen molar-refractivity contribution in [1.29, 1.82) is 0 Å². The van der Waals surface area contributed by atoms with Gasteiger partial charge in [0.15, 0.2) is 5.82 Å². The number of benzene rings is 3. The van der Waals surface area contributed by atoms with E-state index in [9.17, 15) is 23.6 Å². The number of hydrogen-bond acceptors (Lipinski definition) is 9. The minimum absolute atomic E-state index is 0. The number of hydrogen-bond donors (Lipinski definition) is 2. The maximum absolute atomic E-state index is 14.5. The lowest BCUT2D eigenvalue weighted by Crippen LogP contribution is -2.62. The molecule has 14 nitrogen and oxygen atoms in total. The number of nitrogens with zero attached hydrogens (tertiary/aromatic N) is 5. The molecule has 2 heterocycles. The molecule has 1 fully saturated rings. The van der Waals surface area contributed by atoms with Crippen LogP contribution in [0.4, 0.5) is 25.4 Å². The van der Waals surface area contributed by atoms with Gasteiger partial charge in [-0.25, -0.2) is 23.6 Å². The largest absolute Gasteiger partial charge is 0.497 e. The number of rotatable bonds is 9. The summed E-state index contributed by atoms with van der Waals surface area (Å²) in [5.74, 6) is 0.189. The number of nitrogens with one attached hydrogen (secondary N) is 2. The highest BCUT2D eigenvalue weighted by Crippen LogP contribution is 2.37. The standard InChI is InChI=1S/C38H45ClFN7O7.2H2/c1-23(46(30-16-14-27(52-7)22-31(30)53-8)35(50)41-26-12-10-25(40)11-13-26)32-42-29-15-9-24(39)21-28(29)33(48)47(32)45-19-17-44(18-20-45)34(49)38(5,6)43-36(51)54-37(2,3)4;;/h9-16,21-23H,17-20H2,1-8H3,(H,41,50)(H,43,51);2*1H. The number of urea groups is 1. The second-order valence-corrected chi connectivity index (χ2v) is 14.7. The molecular weight excluding hydrogens is 721 g/mol. The topological polar surface area (TPSA) is 148 Å². The number of alkyl carbamates (subject to hydrolysis) is 1. The van der Waals surface area contributed by atoms with Crippen LogP contribution in [0.25, 0.3) is 10.9 Å². The lowest BCUT2D eigenvalue weighted by atomic mass is 10.0. The van der Waals surface area contributed by atoms with Crippen molar-refractivity contribution in [2.75, 3.05) is 55.6 Å². The molecule has 292 valence electrons. The summed E-state index contributed by atoms with van der Waals surface area (Å²) in [6, 6.07) is 13.5. The molecule has 1 unspecified atom stereocenters. The van der Waals surface area contributed by atoms with Crippen molar-refractivity contribution in [3.63, 3.8) is 0 Å². The molecule has 1 atom stereocenters. The molecular formula is C38H49ClFN7O7. The lowest BCUT2D eigenvalue weighted by Gasteiger charge is -2.41. The van der Waals surface area contributed by atoms with Crippen LogP contribution in [-0.4, -0.2) is 84.1 Å². The van der Waals surface area contributed by atoms with E-state index in [2.05, 4.69) is 10.6 Å². The summed E-state index contributed by atoms with van der Waals surface area (Å²) >= 11 is 6.33. The van der Waals surface area contributed by atoms with Crippen molar-refractivity contribution in [2.45, 2.75) is 58.7 Å². The van der Waals surface area contributed by atoms with E-state index >= 15 is 0 Å². The molecule has 1 aliphatic rings. The predicted molar refractivity (Wildman–Crippen MR) is 209 cm³/mol. The molecule has 2 N–H and O–H groups in total. The van der Waals surface area contributed by atoms with Gasteiger partial charge in [-0.1, -0.05) is 11.6 Å². The van der Waals surface area contributed by atoms with Crippen LogP contribution in [-0.2, 0) is 9.53 Å². The summed E-state index contributed by atoms with van der Waals surface area (Å²) < 4.78 is 31.6. The minimum Gasteiger partial charge on any atom is -0.497 e. The van der Waals surface area contributed by atoms with E-state index in [1.165, 1.54) is 54.1 Å². The molecule has 1 aromatic heterocycles. The summed E-state index contributed by atoms with van der Waals surface area (Å²) in [5, 5.41) is 7.84. The number of amides is 4. The van der Waals surface area contributed by atoms with E-state index in [1.807, 2.05) is 0 Å². The van der Waals surface area contributed by atoms with Crippen molar-refractivity contribution in [3.05, 3.63) is 87.7 Å². The van der Waals surface area contributed by atoms with E-state index in [0.717, 1.165) is 0 Å². The van der Waals surface area contributed by atoms with E-state index < -0.39 is 40.7 Å². The van der Waals surface area contributed by atoms with Gasteiger partial charge in [-0.2, -0.15) is 0 Å². The zero-order chi connectivity index (χ0) is 39.5. The Morgan fingerprint density at radius 1 is 0.944 bits per heavy atom. The van der Waals surface area contributed by atoms with Crippen molar-refractivity contribution in [2.24, 2.45) is 0 Å². The van der Waals surface area contributed by atoms with Gasteiger partial charge in [-0.15, -0.1) is 0 Å². The van der Waals surface area contributed by atoms with Gasteiger partial charge < -0.3 is 34.8 Å². The quantitative estimate of drug-likeness (QED) is 0.193. The smallest absolute Gasteiger partial charge is 0.408 e. The predicted octanol–water partition coefficient (Wildman–Crippen LogP) is 6.58.